The van der Waals surface area contributed by atoms with Gasteiger partial charge in [-0.2, -0.15) is 0 Å². The van der Waals surface area contributed by atoms with E-state index in [0.29, 0.717) is 18.7 Å². The minimum atomic E-state index is -0.418. The Hall–Kier alpha value is -2.82. The number of benzene rings is 2. The van der Waals surface area contributed by atoms with Crippen molar-refractivity contribution in [1.29, 1.82) is 0 Å². The van der Waals surface area contributed by atoms with Crippen molar-refractivity contribution in [2.24, 2.45) is 10.7 Å². The number of carbonyl (C=O) groups excluding carboxylic acids is 1. The molecule has 0 spiro atoms. The number of nitrogens with one attached hydrogen (secondary N) is 2. The molecule has 0 bridgehead atoms. The molecule has 126 valence electrons. The molecule has 4 N–H and O–H groups in total. The van der Waals surface area contributed by atoms with E-state index < -0.39 is 5.91 Å². The van der Waals surface area contributed by atoms with Gasteiger partial charge in [0.25, 0.3) is 0 Å². The first kappa shape index (κ1) is 17.5. The predicted molar refractivity (Wildman–Crippen MR) is 97.8 cm³/mol. The minimum absolute atomic E-state index is 0.418. The van der Waals surface area contributed by atoms with E-state index in [1.165, 1.54) is 11.1 Å². The van der Waals surface area contributed by atoms with Gasteiger partial charge in [0.2, 0.25) is 5.91 Å². The Balaban J connectivity index is 1.96. The predicted octanol–water partition coefficient (Wildman–Crippen LogP) is 2.35. The maximum absolute atomic E-state index is 11.1. The average molecular weight is 324 g/mol. The number of rotatable bonds is 6. The molecule has 0 heterocycles. The van der Waals surface area contributed by atoms with Crippen LogP contribution in [0, 0.1) is 6.92 Å². The first-order valence-corrected chi connectivity index (χ1v) is 8.05. The fourth-order valence-electron chi connectivity index (χ4n) is 2.18. The van der Waals surface area contributed by atoms with E-state index in [1.54, 1.807) is 12.1 Å². The van der Waals surface area contributed by atoms with E-state index in [-0.39, 0.29) is 0 Å². The summed E-state index contributed by atoms with van der Waals surface area (Å²) in [5, 5.41) is 6.55. The number of aliphatic imine (C=N–C) groups is 1. The number of carbonyl (C=O) groups is 1. The second kappa shape index (κ2) is 8.72. The Morgan fingerprint density at radius 1 is 1.00 bits per heavy atom. The first-order chi connectivity index (χ1) is 11.6. The number of amides is 1. The molecule has 0 radical (unpaired) electrons. The molecule has 2 aromatic rings. The van der Waals surface area contributed by atoms with Gasteiger partial charge in [0.15, 0.2) is 5.96 Å². The highest BCUT2D eigenvalue weighted by molar-refractivity contribution is 5.92. The van der Waals surface area contributed by atoms with Gasteiger partial charge in [-0.1, -0.05) is 42.0 Å². The van der Waals surface area contributed by atoms with E-state index in [9.17, 15) is 4.79 Å². The van der Waals surface area contributed by atoms with Crippen molar-refractivity contribution in [2.75, 3.05) is 6.54 Å². The largest absolute Gasteiger partial charge is 0.366 e. The molecule has 1 amide bonds. The molecule has 0 fully saturated rings. The quantitative estimate of drug-likeness (QED) is 0.564. The zero-order valence-corrected chi connectivity index (χ0v) is 14.2. The van der Waals surface area contributed by atoms with Gasteiger partial charge < -0.3 is 16.4 Å². The van der Waals surface area contributed by atoms with Crippen molar-refractivity contribution >= 4 is 11.9 Å². The van der Waals surface area contributed by atoms with E-state index >= 15 is 0 Å². The summed E-state index contributed by atoms with van der Waals surface area (Å²) >= 11 is 0. The molecule has 0 saturated carbocycles. The van der Waals surface area contributed by atoms with Crippen LogP contribution in [0.3, 0.4) is 0 Å². The van der Waals surface area contributed by atoms with Gasteiger partial charge in [-0.25, -0.2) is 4.99 Å². The Morgan fingerprint density at radius 3 is 2.21 bits per heavy atom. The molecular formula is C19H24N4O. The highest BCUT2D eigenvalue weighted by Crippen LogP contribution is 2.06. The number of nitrogens with zero attached hydrogens (tertiary/aromatic N) is 1. The average Bonchev–Trinajstić information content (AvgIpc) is 2.59. The number of primary amides is 1. The molecule has 2 rings (SSSR count). The third kappa shape index (κ3) is 5.43. The van der Waals surface area contributed by atoms with Crippen LogP contribution in [0.25, 0.3) is 0 Å². The van der Waals surface area contributed by atoms with Gasteiger partial charge in [0, 0.05) is 18.7 Å². The topological polar surface area (TPSA) is 79.5 Å². The van der Waals surface area contributed by atoms with Crippen LogP contribution in [0.5, 0.6) is 0 Å². The van der Waals surface area contributed by atoms with E-state index in [1.807, 2.05) is 19.1 Å². The fraction of sp³-hybridized carbons (Fsp3) is 0.263. The minimum Gasteiger partial charge on any atom is -0.366 e. The molecule has 0 unspecified atom stereocenters. The lowest BCUT2D eigenvalue weighted by atomic mass is 10.1. The normalized spacial score (nSPS) is 11.2. The standard InChI is InChI=1S/C19H24N4O/c1-3-21-19(22-12-15-6-4-14(2)5-7-15)23-13-16-8-10-17(11-9-16)18(20)24/h4-11H,3,12-13H2,1-2H3,(H2,20,24)(H2,21,22,23). The van der Waals surface area contributed by atoms with Crippen LogP contribution in [-0.2, 0) is 13.1 Å². The van der Waals surface area contributed by atoms with Crippen molar-refractivity contribution < 1.29 is 4.79 Å². The molecule has 2 aromatic carbocycles. The van der Waals surface area contributed by atoms with Crippen LogP contribution in [0.2, 0.25) is 0 Å². The van der Waals surface area contributed by atoms with E-state index in [2.05, 4.69) is 46.8 Å². The lowest BCUT2D eigenvalue weighted by Gasteiger charge is -2.11. The Morgan fingerprint density at radius 2 is 1.62 bits per heavy atom. The number of guanidine groups is 1. The van der Waals surface area contributed by atoms with Gasteiger partial charge >= 0.3 is 0 Å². The summed E-state index contributed by atoms with van der Waals surface area (Å²) in [6, 6.07) is 15.6. The second-order valence-electron chi connectivity index (χ2n) is 5.60. The Kier molecular flexibility index (Phi) is 6.37. The molecule has 0 atom stereocenters. The maximum Gasteiger partial charge on any atom is 0.248 e. The summed E-state index contributed by atoms with van der Waals surface area (Å²) in [5.74, 6) is 0.343. The summed E-state index contributed by atoms with van der Waals surface area (Å²) in [6.45, 7) is 6.15. The number of aryl methyl sites for hydroxylation is 1. The molecule has 0 aliphatic rings. The van der Waals surface area contributed by atoms with Crippen molar-refractivity contribution in [1.82, 2.24) is 10.6 Å². The van der Waals surface area contributed by atoms with Crippen molar-refractivity contribution in [2.45, 2.75) is 26.9 Å². The van der Waals surface area contributed by atoms with Gasteiger partial charge in [-0.3, -0.25) is 4.79 Å². The van der Waals surface area contributed by atoms with Crippen LogP contribution in [0.15, 0.2) is 53.5 Å². The monoisotopic (exact) mass is 324 g/mol. The van der Waals surface area contributed by atoms with Gasteiger partial charge in [0.1, 0.15) is 0 Å². The number of nitrogens with two attached hydrogens (primary N) is 1. The summed E-state index contributed by atoms with van der Waals surface area (Å²) in [5.41, 5.74) is 9.23. The molecular weight excluding hydrogens is 300 g/mol. The highest BCUT2D eigenvalue weighted by atomic mass is 16.1. The third-order valence-electron chi connectivity index (χ3n) is 3.58. The van der Waals surface area contributed by atoms with Gasteiger partial charge in [-0.15, -0.1) is 0 Å². The molecule has 24 heavy (non-hydrogen) atoms. The Labute approximate surface area is 143 Å². The third-order valence-corrected chi connectivity index (χ3v) is 3.58. The molecule has 5 heteroatoms. The van der Waals surface area contributed by atoms with Crippen LogP contribution in [0.1, 0.15) is 34.0 Å². The highest BCUT2D eigenvalue weighted by Gasteiger charge is 2.01. The van der Waals surface area contributed by atoms with Crippen LogP contribution in [-0.4, -0.2) is 18.4 Å². The van der Waals surface area contributed by atoms with Crippen molar-refractivity contribution in [3.05, 3.63) is 70.8 Å². The molecule has 0 aromatic heterocycles. The fourth-order valence-corrected chi connectivity index (χ4v) is 2.18. The van der Waals surface area contributed by atoms with E-state index in [0.717, 1.165) is 18.1 Å². The molecule has 0 saturated heterocycles. The zero-order chi connectivity index (χ0) is 17.4. The number of hydrogen-bond acceptors (Lipinski definition) is 2. The summed E-state index contributed by atoms with van der Waals surface area (Å²) in [6.07, 6.45) is 0. The van der Waals surface area contributed by atoms with Crippen molar-refractivity contribution in [3.63, 3.8) is 0 Å². The summed E-state index contributed by atoms with van der Waals surface area (Å²) in [7, 11) is 0. The second-order valence-corrected chi connectivity index (χ2v) is 5.60. The Bertz CT molecular complexity index is 690. The maximum atomic E-state index is 11.1. The lowest BCUT2D eigenvalue weighted by molar-refractivity contribution is 0.100. The van der Waals surface area contributed by atoms with E-state index in [4.69, 9.17) is 5.73 Å². The zero-order valence-electron chi connectivity index (χ0n) is 14.2. The van der Waals surface area contributed by atoms with Gasteiger partial charge in [-0.05, 0) is 37.1 Å². The molecule has 0 aliphatic heterocycles. The first-order valence-electron chi connectivity index (χ1n) is 8.05. The summed E-state index contributed by atoms with van der Waals surface area (Å²) in [4.78, 5) is 15.6. The molecule has 5 nitrogen and oxygen atoms in total. The smallest absolute Gasteiger partial charge is 0.248 e. The lowest BCUT2D eigenvalue weighted by Crippen LogP contribution is -2.36. The molecule has 0 aliphatic carbocycles. The van der Waals surface area contributed by atoms with Crippen molar-refractivity contribution in [3.8, 4) is 0 Å². The van der Waals surface area contributed by atoms with Crippen LogP contribution < -0.4 is 16.4 Å². The van der Waals surface area contributed by atoms with Gasteiger partial charge in [0.05, 0.1) is 6.54 Å². The van der Waals surface area contributed by atoms with Crippen LogP contribution >= 0.6 is 0 Å². The number of hydrogen-bond donors (Lipinski definition) is 3. The SMILES string of the molecule is CCNC(=NCc1ccc(C(N)=O)cc1)NCc1ccc(C)cc1. The van der Waals surface area contributed by atoms with Crippen LogP contribution in [0.4, 0.5) is 0 Å². The summed E-state index contributed by atoms with van der Waals surface area (Å²) < 4.78 is 0.